The molecule has 0 spiro atoms. The molecule has 0 unspecified atom stereocenters. The van der Waals surface area contributed by atoms with Gasteiger partial charge >= 0.3 is 0 Å². The van der Waals surface area contributed by atoms with E-state index < -0.39 is 0 Å². The van der Waals surface area contributed by atoms with E-state index in [0.29, 0.717) is 39.3 Å². The average molecular weight is 367 g/mol. The van der Waals surface area contributed by atoms with Gasteiger partial charge in [-0.05, 0) is 48.9 Å². The van der Waals surface area contributed by atoms with Crippen LogP contribution in [0.2, 0.25) is 10.0 Å². The van der Waals surface area contributed by atoms with Crippen molar-refractivity contribution < 1.29 is 14.3 Å². The van der Waals surface area contributed by atoms with Gasteiger partial charge in [0.25, 0.3) is 5.91 Å². The van der Waals surface area contributed by atoms with Gasteiger partial charge in [0.15, 0.2) is 11.5 Å². The third kappa shape index (κ3) is 4.63. The van der Waals surface area contributed by atoms with E-state index in [2.05, 4.69) is 10.5 Å². The van der Waals surface area contributed by atoms with Gasteiger partial charge < -0.3 is 9.47 Å². The monoisotopic (exact) mass is 366 g/mol. The maximum Gasteiger partial charge on any atom is 0.271 e. The predicted molar refractivity (Wildman–Crippen MR) is 95.7 cm³/mol. The summed E-state index contributed by atoms with van der Waals surface area (Å²) in [4.78, 5) is 11.9. The van der Waals surface area contributed by atoms with Crippen LogP contribution in [0, 0.1) is 0 Å². The maximum absolute atomic E-state index is 11.9. The van der Waals surface area contributed by atoms with Crippen molar-refractivity contribution in [2.45, 2.75) is 6.92 Å². The van der Waals surface area contributed by atoms with Crippen LogP contribution in [0.5, 0.6) is 11.5 Å². The van der Waals surface area contributed by atoms with Crippen LogP contribution in [0.4, 0.5) is 0 Å². The van der Waals surface area contributed by atoms with E-state index in [1.807, 2.05) is 6.92 Å². The number of hydrogen-bond acceptors (Lipinski definition) is 4. The molecule has 0 aliphatic carbocycles. The number of halogens is 2. The molecule has 0 bridgehead atoms. The van der Waals surface area contributed by atoms with E-state index >= 15 is 0 Å². The molecule has 0 radical (unpaired) electrons. The number of rotatable bonds is 6. The standard InChI is InChI=1S/C17H16Cl2N2O3/c1-3-24-15-9-11(8-14(19)16(15)23-2)10-20-21-17(22)12-4-6-13(18)7-5-12/h4-10H,3H2,1-2H3,(H,21,22)/b20-10-. The zero-order chi connectivity index (χ0) is 17.5. The molecule has 7 heteroatoms. The Hall–Kier alpha value is -2.24. The summed E-state index contributed by atoms with van der Waals surface area (Å²) in [6, 6.07) is 9.90. The summed E-state index contributed by atoms with van der Waals surface area (Å²) in [5.41, 5.74) is 3.56. The Kier molecular flexibility index (Phi) is 6.46. The van der Waals surface area contributed by atoms with Gasteiger partial charge in [0.1, 0.15) is 0 Å². The van der Waals surface area contributed by atoms with Crippen LogP contribution >= 0.6 is 23.2 Å². The molecular formula is C17H16Cl2N2O3. The van der Waals surface area contributed by atoms with Crippen molar-refractivity contribution in [2.75, 3.05) is 13.7 Å². The van der Waals surface area contributed by atoms with Gasteiger partial charge in [0, 0.05) is 10.6 Å². The molecule has 0 atom stereocenters. The van der Waals surface area contributed by atoms with Gasteiger partial charge in [-0.15, -0.1) is 0 Å². The second-order valence-electron chi connectivity index (χ2n) is 4.67. The van der Waals surface area contributed by atoms with Crippen molar-refractivity contribution in [3.05, 3.63) is 57.6 Å². The number of carbonyl (C=O) groups excluding carboxylic acids is 1. The number of nitrogens with zero attached hydrogens (tertiary/aromatic N) is 1. The Labute approximate surface area is 150 Å². The van der Waals surface area contributed by atoms with Crippen LogP contribution < -0.4 is 14.9 Å². The number of hydrogen-bond donors (Lipinski definition) is 1. The number of ether oxygens (including phenoxy) is 2. The van der Waals surface area contributed by atoms with Crippen LogP contribution in [0.1, 0.15) is 22.8 Å². The molecule has 2 rings (SSSR count). The first-order valence-electron chi connectivity index (χ1n) is 7.14. The predicted octanol–water partition coefficient (Wildman–Crippen LogP) is 4.16. The lowest BCUT2D eigenvalue weighted by Crippen LogP contribution is -2.17. The lowest BCUT2D eigenvalue weighted by Gasteiger charge is -2.11. The Morgan fingerprint density at radius 1 is 1.25 bits per heavy atom. The van der Waals surface area contributed by atoms with Crippen LogP contribution in [0.15, 0.2) is 41.5 Å². The van der Waals surface area contributed by atoms with Crippen LogP contribution in [-0.2, 0) is 0 Å². The van der Waals surface area contributed by atoms with Crippen LogP contribution in [0.3, 0.4) is 0 Å². The van der Waals surface area contributed by atoms with E-state index in [4.69, 9.17) is 32.7 Å². The molecule has 1 amide bonds. The van der Waals surface area contributed by atoms with Gasteiger partial charge in [0.2, 0.25) is 0 Å². The van der Waals surface area contributed by atoms with Gasteiger partial charge in [-0.3, -0.25) is 4.79 Å². The Balaban J connectivity index is 2.11. The first-order valence-corrected chi connectivity index (χ1v) is 7.90. The molecule has 0 aromatic heterocycles. The molecule has 5 nitrogen and oxygen atoms in total. The zero-order valence-corrected chi connectivity index (χ0v) is 14.7. The highest BCUT2D eigenvalue weighted by Gasteiger charge is 2.11. The van der Waals surface area contributed by atoms with E-state index in [1.165, 1.54) is 13.3 Å². The van der Waals surface area contributed by atoms with Crippen molar-refractivity contribution in [1.29, 1.82) is 0 Å². The average Bonchev–Trinajstić information content (AvgIpc) is 2.55. The summed E-state index contributed by atoms with van der Waals surface area (Å²) < 4.78 is 10.7. The molecule has 2 aromatic rings. The molecule has 24 heavy (non-hydrogen) atoms. The van der Waals surface area contributed by atoms with Gasteiger partial charge in [0.05, 0.1) is 25.0 Å². The minimum Gasteiger partial charge on any atom is -0.491 e. The van der Waals surface area contributed by atoms with Crippen molar-refractivity contribution in [3.8, 4) is 11.5 Å². The fourth-order valence-corrected chi connectivity index (χ4v) is 2.38. The highest BCUT2D eigenvalue weighted by Crippen LogP contribution is 2.35. The highest BCUT2D eigenvalue weighted by atomic mass is 35.5. The Morgan fingerprint density at radius 3 is 2.58 bits per heavy atom. The number of methoxy groups -OCH3 is 1. The number of nitrogens with one attached hydrogen (secondary N) is 1. The molecule has 0 saturated heterocycles. The van der Waals surface area contributed by atoms with Gasteiger partial charge in [-0.25, -0.2) is 5.43 Å². The third-order valence-corrected chi connectivity index (χ3v) is 3.55. The van der Waals surface area contributed by atoms with Crippen molar-refractivity contribution in [3.63, 3.8) is 0 Å². The molecular weight excluding hydrogens is 351 g/mol. The SMILES string of the molecule is CCOc1cc(/C=N\NC(=O)c2ccc(Cl)cc2)cc(Cl)c1OC. The fourth-order valence-electron chi connectivity index (χ4n) is 1.95. The molecule has 1 N–H and O–H groups in total. The third-order valence-electron chi connectivity index (χ3n) is 3.02. The zero-order valence-electron chi connectivity index (χ0n) is 13.2. The summed E-state index contributed by atoms with van der Waals surface area (Å²) in [6.45, 7) is 2.33. The summed E-state index contributed by atoms with van der Waals surface area (Å²) in [5.74, 6) is 0.631. The molecule has 0 heterocycles. The second-order valence-corrected chi connectivity index (χ2v) is 5.52. The van der Waals surface area contributed by atoms with Gasteiger partial charge in [-0.1, -0.05) is 23.2 Å². The van der Waals surface area contributed by atoms with E-state index in [1.54, 1.807) is 36.4 Å². The molecule has 0 aliphatic heterocycles. The van der Waals surface area contributed by atoms with Crippen molar-refractivity contribution in [2.24, 2.45) is 5.10 Å². The number of carbonyl (C=O) groups is 1. The van der Waals surface area contributed by atoms with Crippen molar-refractivity contribution in [1.82, 2.24) is 5.43 Å². The summed E-state index contributed by atoms with van der Waals surface area (Å²) in [6.07, 6.45) is 1.47. The number of amides is 1. The Morgan fingerprint density at radius 2 is 1.96 bits per heavy atom. The molecule has 2 aromatic carbocycles. The minimum atomic E-state index is -0.340. The molecule has 126 valence electrons. The highest BCUT2D eigenvalue weighted by molar-refractivity contribution is 6.32. The Bertz CT molecular complexity index is 746. The summed E-state index contributed by atoms with van der Waals surface area (Å²) in [5, 5.41) is 4.88. The van der Waals surface area contributed by atoms with E-state index in [0.717, 1.165) is 0 Å². The van der Waals surface area contributed by atoms with Gasteiger partial charge in [-0.2, -0.15) is 5.10 Å². The lowest BCUT2D eigenvalue weighted by molar-refractivity contribution is 0.0955. The normalized spacial score (nSPS) is 10.7. The maximum atomic E-state index is 11.9. The quantitative estimate of drug-likeness (QED) is 0.616. The molecule has 0 aliphatic rings. The number of benzene rings is 2. The summed E-state index contributed by atoms with van der Waals surface area (Å²) >= 11 is 11.9. The molecule has 0 fully saturated rings. The van der Waals surface area contributed by atoms with Crippen LogP contribution in [-0.4, -0.2) is 25.8 Å². The minimum absolute atomic E-state index is 0.340. The van der Waals surface area contributed by atoms with Crippen molar-refractivity contribution >= 4 is 35.3 Å². The van der Waals surface area contributed by atoms with Crippen LogP contribution in [0.25, 0.3) is 0 Å². The largest absolute Gasteiger partial charge is 0.491 e. The smallest absolute Gasteiger partial charge is 0.271 e. The topological polar surface area (TPSA) is 59.9 Å². The lowest BCUT2D eigenvalue weighted by atomic mass is 10.2. The second kappa shape index (κ2) is 8.57. The summed E-state index contributed by atoms with van der Waals surface area (Å²) in [7, 11) is 1.52. The first-order chi connectivity index (χ1) is 11.5. The van der Waals surface area contributed by atoms with E-state index in [9.17, 15) is 4.79 Å². The number of hydrazone groups is 1. The molecule has 0 saturated carbocycles. The first kappa shape index (κ1) is 18.1. The fraction of sp³-hybridized carbons (Fsp3) is 0.176. The van der Waals surface area contributed by atoms with E-state index in [-0.39, 0.29) is 5.91 Å².